The molecule has 5 nitrogen and oxygen atoms in total. The minimum Gasteiger partial charge on any atom is -0.489 e. The minimum atomic E-state index is -0.509. The number of rotatable bonds is 8. The number of anilines is 1. The minimum absolute atomic E-state index is 0.0265. The van der Waals surface area contributed by atoms with E-state index in [4.69, 9.17) is 27.5 Å². The highest BCUT2D eigenvalue weighted by molar-refractivity contribution is 6.31. The lowest BCUT2D eigenvalue weighted by Crippen LogP contribution is -2.13. The standard InChI is InChI=1S/C26H19ClN2O3/c1-2-15-31-23-11-7-19(8-12-23)16-21(17-28)26(30)29-22-9-13-24(14-10-22)32-18-20-5-3-4-6-25(20)27/h1,3-14,16H,15,18H2,(H,29,30)/b21-16+. The number of nitrogens with one attached hydrogen (secondary N) is 1. The molecule has 0 aliphatic rings. The Balaban J connectivity index is 1.60. The summed E-state index contributed by atoms with van der Waals surface area (Å²) in [7, 11) is 0. The van der Waals surface area contributed by atoms with E-state index in [1.807, 2.05) is 24.3 Å². The second kappa shape index (κ2) is 11.3. The summed E-state index contributed by atoms with van der Waals surface area (Å²) in [4.78, 5) is 12.5. The molecule has 1 N–H and O–H groups in total. The van der Waals surface area contributed by atoms with Crippen molar-refractivity contribution in [2.24, 2.45) is 0 Å². The van der Waals surface area contributed by atoms with Gasteiger partial charge in [-0.05, 0) is 54.1 Å². The van der Waals surface area contributed by atoms with Crippen molar-refractivity contribution in [2.75, 3.05) is 11.9 Å². The van der Waals surface area contributed by atoms with E-state index < -0.39 is 5.91 Å². The molecule has 0 aromatic heterocycles. The Bertz CT molecular complexity index is 1190. The van der Waals surface area contributed by atoms with Crippen molar-refractivity contribution in [3.8, 4) is 29.9 Å². The molecule has 0 saturated heterocycles. The van der Waals surface area contributed by atoms with Gasteiger partial charge < -0.3 is 14.8 Å². The zero-order valence-corrected chi connectivity index (χ0v) is 17.8. The molecule has 0 aliphatic carbocycles. The lowest BCUT2D eigenvalue weighted by atomic mass is 10.1. The van der Waals surface area contributed by atoms with Gasteiger partial charge in [0.1, 0.15) is 36.4 Å². The maximum atomic E-state index is 12.5. The van der Waals surface area contributed by atoms with Crippen molar-refractivity contribution < 1.29 is 14.3 Å². The van der Waals surface area contributed by atoms with Crippen molar-refractivity contribution >= 4 is 29.3 Å². The summed E-state index contributed by atoms with van der Waals surface area (Å²) in [5.41, 5.74) is 2.08. The zero-order chi connectivity index (χ0) is 22.8. The number of carbonyl (C=O) groups excluding carboxylic acids is 1. The summed E-state index contributed by atoms with van der Waals surface area (Å²) in [5.74, 6) is 3.12. The average molecular weight is 443 g/mol. The maximum absolute atomic E-state index is 12.5. The summed E-state index contributed by atoms with van der Waals surface area (Å²) >= 11 is 6.13. The lowest BCUT2D eigenvalue weighted by molar-refractivity contribution is -0.112. The van der Waals surface area contributed by atoms with Gasteiger partial charge in [0.2, 0.25) is 0 Å². The number of nitrogens with zero attached hydrogens (tertiary/aromatic N) is 1. The van der Waals surface area contributed by atoms with E-state index in [0.717, 1.165) is 5.56 Å². The first-order chi connectivity index (χ1) is 15.6. The molecular formula is C26H19ClN2O3. The molecule has 6 heteroatoms. The van der Waals surface area contributed by atoms with Crippen LogP contribution in [-0.4, -0.2) is 12.5 Å². The third-order valence-electron chi connectivity index (χ3n) is 4.34. The first kappa shape index (κ1) is 22.5. The predicted molar refractivity (Wildman–Crippen MR) is 125 cm³/mol. The van der Waals surface area contributed by atoms with Gasteiger partial charge >= 0.3 is 0 Å². The van der Waals surface area contributed by atoms with Crippen LogP contribution in [-0.2, 0) is 11.4 Å². The van der Waals surface area contributed by atoms with E-state index in [1.165, 1.54) is 6.08 Å². The summed E-state index contributed by atoms with van der Waals surface area (Å²) in [6.07, 6.45) is 6.66. The lowest BCUT2D eigenvalue weighted by Gasteiger charge is -2.09. The van der Waals surface area contributed by atoms with Crippen LogP contribution < -0.4 is 14.8 Å². The van der Waals surface area contributed by atoms with Crippen LogP contribution >= 0.6 is 11.6 Å². The third-order valence-corrected chi connectivity index (χ3v) is 4.71. The van der Waals surface area contributed by atoms with Crippen molar-refractivity contribution in [3.05, 3.63) is 94.5 Å². The number of nitriles is 1. The molecule has 158 valence electrons. The number of terminal acetylenes is 1. The number of halogens is 1. The van der Waals surface area contributed by atoms with Crippen molar-refractivity contribution in [1.82, 2.24) is 0 Å². The van der Waals surface area contributed by atoms with Crippen LogP contribution in [0.15, 0.2) is 78.4 Å². The summed E-state index contributed by atoms with van der Waals surface area (Å²) < 4.78 is 11.0. The van der Waals surface area contributed by atoms with Crippen LogP contribution in [0.3, 0.4) is 0 Å². The predicted octanol–water partition coefficient (Wildman–Crippen LogP) is 5.48. The second-order valence-corrected chi connectivity index (χ2v) is 7.00. The molecule has 0 heterocycles. The van der Waals surface area contributed by atoms with E-state index in [-0.39, 0.29) is 12.2 Å². The molecule has 0 unspecified atom stereocenters. The number of hydrogen-bond donors (Lipinski definition) is 1. The molecule has 3 aromatic rings. The molecule has 0 bridgehead atoms. The maximum Gasteiger partial charge on any atom is 0.266 e. The van der Waals surface area contributed by atoms with Crippen molar-refractivity contribution in [1.29, 1.82) is 5.26 Å². The number of carbonyl (C=O) groups is 1. The summed E-state index contributed by atoms with van der Waals surface area (Å²) in [5, 5.41) is 12.7. The van der Waals surface area contributed by atoms with Crippen LogP contribution in [0, 0.1) is 23.7 Å². The molecule has 3 aromatic carbocycles. The summed E-state index contributed by atoms with van der Waals surface area (Å²) in [6.45, 7) is 0.504. The van der Waals surface area contributed by atoms with E-state index in [2.05, 4.69) is 11.2 Å². The van der Waals surface area contributed by atoms with Gasteiger partial charge in [0.05, 0.1) is 0 Å². The number of ether oxygens (including phenoxy) is 2. The SMILES string of the molecule is C#CCOc1ccc(/C=C(\C#N)C(=O)Nc2ccc(OCc3ccccc3Cl)cc2)cc1. The van der Waals surface area contributed by atoms with Gasteiger partial charge in [-0.25, -0.2) is 0 Å². The number of benzene rings is 3. The molecule has 32 heavy (non-hydrogen) atoms. The van der Waals surface area contributed by atoms with Gasteiger partial charge in [-0.1, -0.05) is 47.9 Å². The van der Waals surface area contributed by atoms with Gasteiger partial charge in [-0.3, -0.25) is 4.79 Å². The molecular weight excluding hydrogens is 424 g/mol. The molecule has 0 radical (unpaired) electrons. The first-order valence-electron chi connectivity index (χ1n) is 9.65. The van der Waals surface area contributed by atoms with Crippen LogP contribution in [0.1, 0.15) is 11.1 Å². The fourth-order valence-corrected chi connectivity index (χ4v) is 2.90. The monoisotopic (exact) mass is 442 g/mol. The van der Waals surface area contributed by atoms with Crippen molar-refractivity contribution in [3.63, 3.8) is 0 Å². The Kier molecular flexibility index (Phi) is 7.92. The molecule has 0 saturated carbocycles. The van der Waals surface area contributed by atoms with Crippen LogP contribution in [0.4, 0.5) is 5.69 Å². The topological polar surface area (TPSA) is 71.3 Å². The quantitative estimate of drug-likeness (QED) is 0.285. The number of hydrogen-bond acceptors (Lipinski definition) is 4. The van der Waals surface area contributed by atoms with Gasteiger partial charge in [-0.15, -0.1) is 6.42 Å². The second-order valence-electron chi connectivity index (χ2n) is 6.59. The Morgan fingerprint density at radius 2 is 1.66 bits per heavy atom. The Morgan fingerprint density at radius 1 is 1.00 bits per heavy atom. The molecule has 1 amide bonds. The normalized spacial score (nSPS) is 10.5. The summed E-state index contributed by atoms with van der Waals surface area (Å²) in [6, 6.07) is 23.2. The van der Waals surface area contributed by atoms with E-state index >= 15 is 0 Å². The van der Waals surface area contributed by atoms with Crippen LogP contribution in [0.25, 0.3) is 6.08 Å². The molecule has 0 spiro atoms. The fraction of sp³-hybridized carbons (Fsp3) is 0.0769. The molecule has 3 rings (SSSR count). The molecule has 0 atom stereocenters. The van der Waals surface area contributed by atoms with Crippen molar-refractivity contribution in [2.45, 2.75) is 6.61 Å². The zero-order valence-electron chi connectivity index (χ0n) is 17.0. The Hall–Kier alpha value is -4.19. The first-order valence-corrected chi connectivity index (χ1v) is 10.0. The van der Waals surface area contributed by atoms with Gasteiger partial charge in [0.15, 0.2) is 0 Å². The highest BCUT2D eigenvalue weighted by atomic mass is 35.5. The van der Waals surface area contributed by atoms with E-state index in [9.17, 15) is 10.1 Å². The number of amides is 1. The fourth-order valence-electron chi connectivity index (χ4n) is 2.71. The van der Waals surface area contributed by atoms with Crippen LogP contribution in [0.2, 0.25) is 5.02 Å². The Morgan fingerprint density at radius 3 is 2.31 bits per heavy atom. The van der Waals surface area contributed by atoms with Gasteiger partial charge in [0.25, 0.3) is 5.91 Å². The third kappa shape index (κ3) is 6.40. The van der Waals surface area contributed by atoms with Gasteiger partial charge in [-0.2, -0.15) is 5.26 Å². The largest absolute Gasteiger partial charge is 0.489 e. The molecule has 0 aliphatic heterocycles. The van der Waals surface area contributed by atoms with E-state index in [1.54, 1.807) is 54.6 Å². The van der Waals surface area contributed by atoms with Gasteiger partial charge in [0, 0.05) is 16.3 Å². The van der Waals surface area contributed by atoms with Crippen LogP contribution in [0.5, 0.6) is 11.5 Å². The Labute approximate surface area is 191 Å². The average Bonchev–Trinajstić information content (AvgIpc) is 2.82. The highest BCUT2D eigenvalue weighted by Crippen LogP contribution is 2.21. The smallest absolute Gasteiger partial charge is 0.266 e. The van der Waals surface area contributed by atoms with E-state index in [0.29, 0.717) is 34.4 Å². The molecule has 0 fully saturated rings. The highest BCUT2D eigenvalue weighted by Gasteiger charge is 2.10.